The van der Waals surface area contributed by atoms with E-state index in [1.807, 2.05) is 29.9 Å². The van der Waals surface area contributed by atoms with Crippen LogP contribution in [-0.2, 0) is 4.79 Å². The number of hydrogen-bond acceptors (Lipinski definition) is 6. The van der Waals surface area contributed by atoms with Crippen molar-refractivity contribution < 1.29 is 9.90 Å². The molecule has 202 valence electrons. The van der Waals surface area contributed by atoms with Crippen LogP contribution in [0.3, 0.4) is 0 Å². The molecule has 1 saturated carbocycles. The number of fused-ring (bicyclic) bond motifs is 1. The number of aliphatic carboxylic acids is 1. The molecule has 0 spiro atoms. The van der Waals surface area contributed by atoms with Gasteiger partial charge in [0.15, 0.2) is 5.65 Å². The Balaban J connectivity index is 1.22. The van der Waals surface area contributed by atoms with Crippen LogP contribution in [0.5, 0.6) is 0 Å². The number of carboxylic acid groups (broad SMARTS) is 1. The fourth-order valence-electron chi connectivity index (χ4n) is 6.88. The van der Waals surface area contributed by atoms with Crippen LogP contribution in [0.2, 0.25) is 10.0 Å². The Kier molecular flexibility index (Phi) is 6.77. The molecule has 0 bridgehead atoms. The number of piperidine rings is 1. The number of carboxylic acids is 1. The quantitative estimate of drug-likeness (QED) is 0.431. The van der Waals surface area contributed by atoms with Crippen LogP contribution in [0.15, 0.2) is 24.4 Å². The van der Waals surface area contributed by atoms with E-state index in [4.69, 9.17) is 38.3 Å². The van der Waals surface area contributed by atoms with E-state index >= 15 is 0 Å². The molecule has 3 fully saturated rings. The van der Waals surface area contributed by atoms with Gasteiger partial charge in [-0.2, -0.15) is 5.10 Å². The van der Waals surface area contributed by atoms with Gasteiger partial charge in [-0.3, -0.25) is 9.69 Å². The molecule has 8 nitrogen and oxygen atoms in total. The number of aromatic nitrogens is 4. The summed E-state index contributed by atoms with van der Waals surface area (Å²) in [5.74, 6) is 0.872. The largest absolute Gasteiger partial charge is 0.481 e. The highest BCUT2D eigenvalue weighted by atomic mass is 35.5. The van der Waals surface area contributed by atoms with Crippen LogP contribution in [0.1, 0.15) is 56.8 Å². The minimum Gasteiger partial charge on any atom is -0.481 e. The van der Waals surface area contributed by atoms with Gasteiger partial charge >= 0.3 is 5.97 Å². The van der Waals surface area contributed by atoms with Crippen LogP contribution in [0.4, 0.5) is 5.82 Å². The van der Waals surface area contributed by atoms with Gasteiger partial charge in [0.1, 0.15) is 11.3 Å². The molecule has 3 unspecified atom stereocenters. The second kappa shape index (κ2) is 9.96. The average molecular weight is 558 g/mol. The van der Waals surface area contributed by atoms with Gasteiger partial charge in [0.05, 0.1) is 23.9 Å². The third kappa shape index (κ3) is 4.54. The molecule has 6 rings (SSSR count). The summed E-state index contributed by atoms with van der Waals surface area (Å²) < 4.78 is 1.91. The van der Waals surface area contributed by atoms with Gasteiger partial charge in [-0.25, -0.2) is 14.6 Å². The monoisotopic (exact) mass is 556 g/mol. The Hall–Kier alpha value is -2.42. The zero-order valence-electron chi connectivity index (χ0n) is 22.0. The van der Waals surface area contributed by atoms with Crippen LogP contribution in [0.25, 0.3) is 11.2 Å². The van der Waals surface area contributed by atoms with E-state index in [2.05, 4.69) is 23.6 Å². The first-order valence-electron chi connectivity index (χ1n) is 13.6. The molecule has 3 aliphatic rings. The van der Waals surface area contributed by atoms with Crippen molar-refractivity contribution in [2.24, 2.45) is 17.8 Å². The van der Waals surface area contributed by atoms with Crippen molar-refractivity contribution in [3.63, 3.8) is 0 Å². The van der Waals surface area contributed by atoms with E-state index < -0.39 is 5.97 Å². The van der Waals surface area contributed by atoms with Crippen LogP contribution in [-0.4, -0.2) is 67.4 Å². The van der Waals surface area contributed by atoms with Gasteiger partial charge in [0.2, 0.25) is 0 Å². The zero-order chi connectivity index (χ0) is 26.7. The van der Waals surface area contributed by atoms with Gasteiger partial charge in [-0.1, -0.05) is 36.2 Å². The molecule has 6 atom stereocenters. The van der Waals surface area contributed by atoms with Crippen molar-refractivity contribution in [2.75, 3.05) is 24.5 Å². The number of anilines is 1. The molecule has 0 amide bonds. The maximum absolute atomic E-state index is 11.5. The molecule has 0 radical (unpaired) electrons. The predicted octanol–water partition coefficient (Wildman–Crippen LogP) is 5.45. The summed E-state index contributed by atoms with van der Waals surface area (Å²) in [7, 11) is 0. The SMILES string of the molecule is Cc1nn([C@H](C)c2ccc(Cl)cc2Cl)c2nc(N3CCC(N4CCC[C@H]4[C@@H]4CC4C(=O)O)C(C)C3)cnc12. The second-order valence-corrected chi connectivity index (χ2v) is 12.2. The van der Waals surface area contributed by atoms with Gasteiger partial charge in [-0.15, -0.1) is 0 Å². The molecule has 1 aliphatic carbocycles. The van der Waals surface area contributed by atoms with Gasteiger partial charge in [0, 0.05) is 35.2 Å². The molecular weight excluding hydrogens is 523 g/mol. The summed E-state index contributed by atoms with van der Waals surface area (Å²) in [6, 6.07) is 6.31. The highest BCUT2D eigenvalue weighted by Crippen LogP contribution is 2.48. The highest BCUT2D eigenvalue weighted by molar-refractivity contribution is 6.35. The van der Waals surface area contributed by atoms with E-state index in [1.165, 1.54) is 6.42 Å². The lowest BCUT2D eigenvalue weighted by Gasteiger charge is -2.44. The number of aryl methyl sites for hydroxylation is 1. The first-order chi connectivity index (χ1) is 18.2. The van der Waals surface area contributed by atoms with Crippen molar-refractivity contribution in [2.45, 2.75) is 64.6 Å². The molecule has 1 N–H and O–H groups in total. The normalized spacial score (nSPS) is 28.7. The fourth-order valence-corrected chi connectivity index (χ4v) is 7.45. The van der Waals surface area contributed by atoms with Crippen molar-refractivity contribution >= 4 is 46.2 Å². The predicted molar refractivity (Wildman–Crippen MR) is 149 cm³/mol. The van der Waals surface area contributed by atoms with Crippen molar-refractivity contribution in [1.82, 2.24) is 24.6 Å². The summed E-state index contributed by atoms with van der Waals surface area (Å²) in [4.78, 5) is 26.3. The van der Waals surface area contributed by atoms with Gasteiger partial charge < -0.3 is 10.0 Å². The first-order valence-corrected chi connectivity index (χ1v) is 14.4. The number of halogens is 2. The Morgan fingerprint density at radius 3 is 2.71 bits per heavy atom. The lowest BCUT2D eigenvalue weighted by atomic mass is 9.91. The minimum atomic E-state index is -0.624. The molecule has 2 aliphatic heterocycles. The van der Waals surface area contributed by atoms with Gasteiger partial charge in [-0.05, 0) is 75.6 Å². The Morgan fingerprint density at radius 2 is 2.00 bits per heavy atom. The molecule has 10 heteroatoms. The molecule has 38 heavy (non-hydrogen) atoms. The number of nitrogens with zero attached hydrogens (tertiary/aromatic N) is 6. The van der Waals surface area contributed by atoms with Gasteiger partial charge in [0.25, 0.3) is 0 Å². The Bertz CT molecular complexity index is 1380. The van der Waals surface area contributed by atoms with Crippen molar-refractivity contribution in [3.8, 4) is 0 Å². The summed E-state index contributed by atoms with van der Waals surface area (Å²) >= 11 is 12.6. The third-order valence-corrected chi connectivity index (χ3v) is 9.50. The van der Waals surface area contributed by atoms with Crippen LogP contribution in [0, 0.1) is 24.7 Å². The summed E-state index contributed by atoms with van der Waals surface area (Å²) in [5, 5.41) is 15.4. The number of carbonyl (C=O) groups is 1. The maximum Gasteiger partial charge on any atom is 0.306 e. The maximum atomic E-state index is 11.5. The summed E-state index contributed by atoms with van der Waals surface area (Å²) in [6.07, 6.45) is 6.04. The summed E-state index contributed by atoms with van der Waals surface area (Å²) in [6.45, 7) is 9.21. The number of benzene rings is 1. The second-order valence-electron chi connectivity index (χ2n) is 11.3. The topological polar surface area (TPSA) is 87.4 Å². The first kappa shape index (κ1) is 25.8. The van der Waals surface area contributed by atoms with E-state index in [1.54, 1.807) is 6.07 Å². The molecule has 2 saturated heterocycles. The van der Waals surface area contributed by atoms with E-state index in [0.717, 1.165) is 67.1 Å². The Morgan fingerprint density at radius 1 is 1.18 bits per heavy atom. The molecular formula is C28H34Cl2N6O2. The smallest absolute Gasteiger partial charge is 0.306 e. The average Bonchev–Trinajstić information content (AvgIpc) is 3.43. The number of hydrogen-bond donors (Lipinski definition) is 1. The Labute approximate surface area is 232 Å². The van der Waals surface area contributed by atoms with E-state index in [9.17, 15) is 9.90 Å². The molecule has 3 aromatic rings. The van der Waals surface area contributed by atoms with Crippen LogP contribution < -0.4 is 4.90 Å². The standard InChI is InChI=1S/C28H34Cl2N6O2/c1-15-14-34(10-8-23(15)35-9-4-5-24(35)20-12-21(20)28(37)38)25-13-31-26-16(2)33-36(27(26)32-25)17(3)19-7-6-18(29)11-22(19)30/h6-7,11,13,15,17,20-21,23-24H,4-5,8-10,12,14H2,1-3H3,(H,37,38)/t15?,17-,20-,21?,23?,24+/m1/s1. The lowest BCUT2D eigenvalue weighted by Crippen LogP contribution is -2.52. The van der Waals surface area contributed by atoms with Crippen molar-refractivity contribution in [1.29, 1.82) is 0 Å². The molecule has 2 aromatic heterocycles. The van der Waals surface area contributed by atoms with Crippen molar-refractivity contribution in [3.05, 3.63) is 45.7 Å². The summed E-state index contributed by atoms with van der Waals surface area (Å²) in [5.41, 5.74) is 3.32. The molecule has 4 heterocycles. The molecule has 1 aromatic carbocycles. The lowest BCUT2D eigenvalue weighted by molar-refractivity contribution is -0.139. The number of rotatable bonds is 6. The third-order valence-electron chi connectivity index (χ3n) is 8.94. The van der Waals surface area contributed by atoms with E-state index in [0.29, 0.717) is 34.0 Å². The van der Waals surface area contributed by atoms with Crippen LogP contribution >= 0.6 is 23.2 Å². The zero-order valence-corrected chi connectivity index (χ0v) is 23.5. The highest BCUT2D eigenvalue weighted by Gasteiger charge is 2.52. The minimum absolute atomic E-state index is 0.130. The fraction of sp³-hybridized carbons (Fsp3) is 0.571. The number of likely N-dealkylation sites (tertiary alicyclic amines) is 1. The van der Waals surface area contributed by atoms with E-state index in [-0.39, 0.29) is 12.0 Å².